The van der Waals surface area contributed by atoms with E-state index in [1.807, 2.05) is 24.3 Å². The van der Waals surface area contributed by atoms with Gasteiger partial charge in [0.05, 0.1) is 0 Å². The molecule has 2 saturated carbocycles. The van der Waals surface area contributed by atoms with Crippen LogP contribution in [0.3, 0.4) is 0 Å². The molecule has 2 aliphatic rings. The van der Waals surface area contributed by atoms with Gasteiger partial charge in [-0.05, 0) is 49.3 Å². The van der Waals surface area contributed by atoms with E-state index in [0.717, 1.165) is 36.4 Å². The van der Waals surface area contributed by atoms with Gasteiger partial charge in [-0.1, -0.05) is 44.2 Å². The first kappa shape index (κ1) is 18.0. The number of hydrogen-bond acceptors (Lipinski definition) is 2. The summed E-state index contributed by atoms with van der Waals surface area (Å²) in [7, 11) is 0. The van der Waals surface area contributed by atoms with Crippen LogP contribution in [-0.4, -0.2) is 11.8 Å². The molecule has 2 fully saturated rings. The Morgan fingerprint density at radius 2 is 1.84 bits per heavy atom. The average Bonchev–Trinajstić information content (AvgIpc) is 3.46. The summed E-state index contributed by atoms with van der Waals surface area (Å²) >= 11 is 0. The van der Waals surface area contributed by atoms with Crippen LogP contribution in [-0.2, 0) is 16.1 Å². The molecular formula is C21H30N2O2. The van der Waals surface area contributed by atoms with Gasteiger partial charge in [-0.15, -0.1) is 0 Å². The summed E-state index contributed by atoms with van der Waals surface area (Å²) in [6.07, 6.45) is 11.6. The summed E-state index contributed by atoms with van der Waals surface area (Å²) in [5.41, 5.74) is 1.84. The van der Waals surface area contributed by atoms with Crippen molar-refractivity contribution in [3.05, 3.63) is 29.8 Å². The first-order valence-electron chi connectivity index (χ1n) is 9.87. The van der Waals surface area contributed by atoms with Gasteiger partial charge in [0.2, 0.25) is 11.8 Å². The number of amides is 2. The van der Waals surface area contributed by atoms with Crippen LogP contribution in [0, 0.1) is 11.8 Å². The minimum Gasteiger partial charge on any atom is -0.352 e. The number of carbonyl (C=O) groups is 2. The number of benzene rings is 1. The van der Waals surface area contributed by atoms with Crippen LogP contribution in [0.4, 0.5) is 5.69 Å². The molecule has 0 aliphatic heterocycles. The molecule has 0 bridgehead atoms. The van der Waals surface area contributed by atoms with Crippen molar-refractivity contribution < 1.29 is 9.59 Å². The maximum Gasteiger partial charge on any atom is 0.227 e. The molecular weight excluding hydrogens is 312 g/mol. The Kier molecular flexibility index (Phi) is 6.48. The van der Waals surface area contributed by atoms with Gasteiger partial charge >= 0.3 is 0 Å². The second kappa shape index (κ2) is 9.02. The van der Waals surface area contributed by atoms with Crippen LogP contribution in [0.15, 0.2) is 24.3 Å². The maximum absolute atomic E-state index is 12.0. The molecule has 2 amide bonds. The van der Waals surface area contributed by atoms with Crippen molar-refractivity contribution >= 4 is 17.5 Å². The predicted molar refractivity (Wildman–Crippen MR) is 100 cm³/mol. The highest BCUT2D eigenvalue weighted by Gasteiger charge is 2.29. The van der Waals surface area contributed by atoms with E-state index >= 15 is 0 Å². The fraction of sp³-hybridized carbons (Fsp3) is 0.619. The number of anilines is 1. The third-order valence-corrected chi connectivity index (χ3v) is 5.37. The first-order chi connectivity index (χ1) is 12.2. The maximum atomic E-state index is 12.0. The van der Waals surface area contributed by atoms with E-state index in [2.05, 4.69) is 10.6 Å². The van der Waals surface area contributed by atoms with Gasteiger partial charge in [-0.25, -0.2) is 0 Å². The monoisotopic (exact) mass is 342 g/mol. The molecule has 2 aliphatic carbocycles. The highest BCUT2D eigenvalue weighted by atomic mass is 16.2. The molecule has 0 aromatic heterocycles. The third kappa shape index (κ3) is 6.18. The van der Waals surface area contributed by atoms with Gasteiger partial charge < -0.3 is 10.6 Å². The van der Waals surface area contributed by atoms with Crippen molar-refractivity contribution in [2.75, 3.05) is 5.32 Å². The molecule has 0 saturated heterocycles. The lowest BCUT2D eigenvalue weighted by Gasteiger charge is -2.21. The van der Waals surface area contributed by atoms with Crippen LogP contribution in [0.5, 0.6) is 0 Å². The molecule has 3 rings (SSSR count). The number of carbonyl (C=O) groups excluding carboxylic acids is 2. The summed E-state index contributed by atoms with van der Waals surface area (Å²) in [5, 5.41) is 5.95. The molecule has 0 atom stereocenters. The topological polar surface area (TPSA) is 58.2 Å². The normalized spacial score (nSPS) is 17.9. The van der Waals surface area contributed by atoms with Crippen LogP contribution >= 0.6 is 0 Å². The highest BCUT2D eigenvalue weighted by molar-refractivity contribution is 5.94. The van der Waals surface area contributed by atoms with E-state index in [9.17, 15) is 9.59 Å². The quantitative estimate of drug-likeness (QED) is 0.735. The van der Waals surface area contributed by atoms with E-state index < -0.39 is 0 Å². The zero-order valence-corrected chi connectivity index (χ0v) is 15.1. The van der Waals surface area contributed by atoms with Crippen molar-refractivity contribution in [1.29, 1.82) is 0 Å². The molecule has 1 aromatic rings. The minimum absolute atomic E-state index is 0.115. The van der Waals surface area contributed by atoms with E-state index in [-0.39, 0.29) is 17.7 Å². The van der Waals surface area contributed by atoms with Gasteiger partial charge in [0.1, 0.15) is 0 Å². The average molecular weight is 342 g/mol. The summed E-state index contributed by atoms with van der Waals surface area (Å²) < 4.78 is 0. The Hall–Kier alpha value is -1.84. The van der Waals surface area contributed by atoms with Crippen molar-refractivity contribution in [1.82, 2.24) is 5.32 Å². The van der Waals surface area contributed by atoms with Crippen molar-refractivity contribution in [2.24, 2.45) is 11.8 Å². The second-order valence-electron chi connectivity index (χ2n) is 7.64. The molecule has 0 unspecified atom stereocenters. The largest absolute Gasteiger partial charge is 0.352 e. The minimum atomic E-state index is 0.115. The van der Waals surface area contributed by atoms with Gasteiger partial charge in [-0.3, -0.25) is 9.59 Å². The Morgan fingerprint density at radius 3 is 2.60 bits per heavy atom. The fourth-order valence-corrected chi connectivity index (χ4v) is 3.67. The lowest BCUT2D eigenvalue weighted by molar-refractivity contribution is -0.121. The van der Waals surface area contributed by atoms with Gasteiger partial charge in [0.15, 0.2) is 0 Å². The zero-order valence-electron chi connectivity index (χ0n) is 15.1. The Balaban J connectivity index is 1.35. The van der Waals surface area contributed by atoms with Gasteiger partial charge in [0.25, 0.3) is 0 Å². The summed E-state index contributed by atoms with van der Waals surface area (Å²) in [5.74, 6) is 1.29. The predicted octanol–water partition coefficient (Wildman–Crippen LogP) is 4.40. The fourth-order valence-electron chi connectivity index (χ4n) is 3.67. The lowest BCUT2D eigenvalue weighted by Crippen LogP contribution is -2.22. The van der Waals surface area contributed by atoms with Crippen LogP contribution in [0.25, 0.3) is 0 Å². The highest BCUT2D eigenvalue weighted by Crippen LogP contribution is 2.30. The smallest absolute Gasteiger partial charge is 0.227 e. The van der Waals surface area contributed by atoms with E-state index in [4.69, 9.17) is 0 Å². The number of hydrogen-bond donors (Lipinski definition) is 2. The Morgan fingerprint density at radius 1 is 1.04 bits per heavy atom. The molecule has 25 heavy (non-hydrogen) atoms. The molecule has 0 heterocycles. The number of nitrogens with one attached hydrogen (secondary N) is 2. The molecule has 1 aromatic carbocycles. The summed E-state index contributed by atoms with van der Waals surface area (Å²) in [6, 6.07) is 7.75. The molecule has 4 heteroatoms. The standard InChI is InChI=1S/C21H30N2O2/c24-20(11-5-8-16-6-2-1-3-7-16)22-15-17-9-4-10-19(14-17)23-21(25)18-12-13-18/h4,9-10,14,16,18H,1-3,5-8,11-13,15H2,(H,22,24)(H,23,25). The first-order valence-corrected chi connectivity index (χ1v) is 9.87. The lowest BCUT2D eigenvalue weighted by atomic mass is 9.86. The van der Waals surface area contributed by atoms with Crippen molar-refractivity contribution in [3.8, 4) is 0 Å². The SMILES string of the molecule is O=C(CCCC1CCCCC1)NCc1cccc(NC(=O)C2CC2)c1. The second-order valence-corrected chi connectivity index (χ2v) is 7.64. The molecule has 0 spiro atoms. The molecule has 136 valence electrons. The Labute approximate surface area is 150 Å². The molecule has 4 nitrogen and oxygen atoms in total. The number of rotatable bonds is 8. The molecule has 0 radical (unpaired) electrons. The van der Waals surface area contributed by atoms with E-state index in [1.54, 1.807) is 0 Å². The van der Waals surface area contributed by atoms with Crippen molar-refractivity contribution in [2.45, 2.75) is 70.8 Å². The zero-order chi connectivity index (χ0) is 17.5. The van der Waals surface area contributed by atoms with Crippen LogP contribution in [0.2, 0.25) is 0 Å². The summed E-state index contributed by atoms with van der Waals surface area (Å²) in [6.45, 7) is 0.523. The van der Waals surface area contributed by atoms with E-state index in [0.29, 0.717) is 13.0 Å². The van der Waals surface area contributed by atoms with Gasteiger partial charge in [0, 0.05) is 24.6 Å². The Bertz CT molecular complexity index is 589. The summed E-state index contributed by atoms with van der Waals surface area (Å²) in [4.78, 5) is 23.9. The van der Waals surface area contributed by atoms with Gasteiger partial charge in [-0.2, -0.15) is 0 Å². The van der Waals surface area contributed by atoms with E-state index in [1.165, 1.54) is 38.5 Å². The molecule has 2 N–H and O–H groups in total. The third-order valence-electron chi connectivity index (χ3n) is 5.37. The van der Waals surface area contributed by atoms with Crippen molar-refractivity contribution in [3.63, 3.8) is 0 Å². The van der Waals surface area contributed by atoms with Crippen LogP contribution < -0.4 is 10.6 Å². The van der Waals surface area contributed by atoms with Crippen LogP contribution in [0.1, 0.15) is 69.8 Å².